The Labute approximate surface area is 110 Å². The number of amides is 1. The maximum atomic E-state index is 11.6. The summed E-state index contributed by atoms with van der Waals surface area (Å²) in [4.78, 5) is 11.6. The quantitative estimate of drug-likeness (QED) is 0.808. The van der Waals surface area contributed by atoms with Gasteiger partial charge < -0.3 is 5.32 Å². The van der Waals surface area contributed by atoms with Crippen LogP contribution in [0, 0.1) is 0 Å². The van der Waals surface area contributed by atoms with Crippen molar-refractivity contribution in [3.05, 3.63) is 41.5 Å². The average molecular weight is 245 g/mol. The van der Waals surface area contributed by atoms with E-state index in [0.717, 1.165) is 5.56 Å². The Morgan fingerprint density at radius 1 is 1.17 bits per heavy atom. The van der Waals surface area contributed by atoms with Crippen LogP contribution in [0.15, 0.2) is 30.3 Å². The maximum absolute atomic E-state index is 11.6. The molecule has 0 spiro atoms. The predicted molar refractivity (Wildman–Crippen MR) is 77.5 cm³/mol. The molecule has 1 amide bonds. The van der Waals surface area contributed by atoms with Crippen molar-refractivity contribution in [2.45, 2.75) is 46.1 Å². The monoisotopic (exact) mass is 245 g/mol. The van der Waals surface area contributed by atoms with Gasteiger partial charge in [0.05, 0.1) is 0 Å². The van der Waals surface area contributed by atoms with E-state index in [9.17, 15) is 4.79 Å². The molecular formula is C16H23NO. The van der Waals surface area contributed by atoms with Gasteiger partial charge in [0.25, 0.3) is 0 Å². The maximum Gasteiger partial charge on any atom is 0.244 e. The van der Waals surface area contributed by atoms with Gasteiger partial charge in [0, 0.05) is 11.6 Å². The van der Waals surface area contributed by atoms with Crippen LogP contribution in [0.1, 0.15) is 51.7 Å². The highest BCUT2D eigenvalue weighted by Gasteiger charge is 2.10. The van der Waals surface area contributed by atoms with Crippen molar-refractivity contribution >= 4 is 12.0 Å². The molecule has 0 aliphatic heterocycles. The summed E-state index contributed by atoms with van der Waals surface area (Å²) < 4.78 is 0. The third-order valence-electron chi connectivity index (χ3n) is 2.53. The summed E-state index contributed by atoms with van der Waals surface area (Å²) in [5.41, 5.74) is 2.16. The van der Waals surface area contributed by atoms with Crippen LogP contribution in [0.5, 0.6) is 0 Å². The molecule has 1 aromatic carbocycles. The van der Waals surface area contributed by atoms with Crippen LogP contribution < -0.4 is 5.32 Å². The number of carbonyl (C=O) groups excluding carboxylic acids is 1. The molecule has 0 heterocycles. The molecule has 0 saturated carbocycles. The van der Waals surface area contributed by atoms with E-state index in [4.69, 9.17) is 0 Å². The predicted octanol–water partition coefficient (Wildman–Crippen LogP) is 3.74. The van der Waals surface area contributed by atoms with Crippen LogP contribution in [-0.4, -0.2) is 11.4 Å². The van der Waals surface area contributed by atoms with Gasteiger partial charge in [-0.15, -0.1) is 0 Å². The van der Waals surface area contributed by atoms with Crippen LogP contribution in [0.4, 0.5) is 0 Å². The molecule has 2 heteroatoms. The smallest absolute Gasteiger partial charge is 0.244 e. The molecule has 0 aliphatic carbocycles. The minimum Gasteiger partial charge on any atom is -0.348 e. The van der Waals surface area contributed by atoms with E-state index in [-0.39, 0.29) is 11.4 Å². The molecule has 0 saturated heterocycles. The zero-order chi connectivity index (χ0) is 13.8. The normalized spacial score (nSPS) is 12.1. The number of hydrogen-bond donors (Lipinski definition) is 1. The lowest BCUT2D eigenvalue weighted by Gasteiger charge is -2.18. The Bertz CT molecular complexity index is 421. The molecule has 0 fully saturated rings. The molecule has 0 aliphatic rings. The fraction of sp³-hybridized carbons (Fsp3) is 0.438. The van der Waals surface area contributed by atoms with Gasteiger partial charge in [-0.05, 0) is 43.9 Å². The summed E-state index contributed by atoms with van der Waals surface area (Å²) in [5, 5.41) is 2.89. The summed E-state index contributed by atoms with van der Waals surface area (Å²) in [7, 11) is 0. The van der Waals surface area contributed by atoms with Gasteiger partial charge in [0.15, 0.2) is 0 Å². The standard InChI is InChI=1S/C16H23NO/c1-12(2)14-9-6-13(7-10-14)8-11-15(18)17-16(3,4)5/h6-12H,1-5H3,(H,17,18)/b11-8+. The van der Waals surface area contributed by atoms with Crippen molar-refractivity contribution in [1.29, 1.82) is 0 Å². The highest BCUT2D eigenvalue weighted by atomic mass is 16.1. The van der Waals surface area contributed by atoms with E-state index >= 15 is 0 Å². The topological polar surface area (TPSA) is 29.1 Å². The summed E-state index contributed by atoms with van der Waals surface area (Å²) in [6.07, 6.45) is 3.42. The van der Waals surface area contributed by atoms with Crippen molar-refractivity contribution in [2.24, 2.45) is 0 Å². The fourth-order valence-electron chi connectivity index (χ4n) is 1.58. The van der Waals surface area contributed by atoms with Crippen molar-refractivity contribution in [1.82, 2.24) is 5.32 Å². The first kappa shape index (κ1) is 14.5. The lowest BCUT2D eigenvalue weighted by molar-refractivity contribution is -0.117. The van der Waals surface area contributed by atoms with Gasteiger partial charge in [0.1, 0.15) is 0 Å². The van der Waals surface area contributed by atoms with Gasteiger partial charge in [-0.2, -0.15) is 0 Å². The second kappa shape index (κ2) is 5.85. The fourth-order valence-corrected chi connectivity index (χ4v) is 1.58. The summed E-state index contributed by atoms with van der Waals surface area (Å²) >= 11 is 0. The molecule has 0 atom stereocenters. The lowest BCUT2D eigenvalue weighted by atomic mass is 10.0. The molecule has 2 nitrogen and oxygen atoms in total. The Morgan fingerprint density at radius 3 is 2.17 bits per heavy atom. The van der Waals surface area contributed by atoms with E-state index in [1.807, 2.05) is 39.0 Å². The lowest BCUT2D eigenvalue weighted by Crippen LogP contribution is -2.39. The molecular weight excluding hydrogens is 222 g/mol. The van der Waals surface area contributed by atoms with Crippen LogP contribution >= 0.6 is 0 Å². The first-order valence-corrected chi connectivity index (χ1v) is 6.38. The molecule has 98 valence electrons. The minimum atomic E-state index is -0.192. The Kier molecular flexibility index (Phi) is 4.71. The Balaban J connectivity index is 2.65. The van der Waals surface area contributed by atoms with Crippen molar-refractivity contribution < 1.29 is 4.79 Å². The Hall–Kier alpha value is -1.57. The van der Waals surface area contributed by atoms with Gasteiger partial charge in [-0.3, -0.25) is 4.79 Å². The highest BCUT2D eigenvalue weighted by molar-refractivity contribution is 5.92. The number of hydrogen-bond acceptors (Lipinski definition) is 1. The first-order valence-electron chi connectivity index (χ1n) is 6.38. The number of carbonyl (C=O) groups is 1. The second-order valence-corrected chi connectivity index (χ2v) is 5.89. The van der Waals surface area contributed by atoms with E-state index in [2.05, 4.69) is 31.3 Å². The first-order chi connectivity index (χ1) is 8.28. The highest BCUT2D eigenvalue weighted by Crippen LogP contribution is 2.15. The summed E-state index contributed by atoms with van der Waals surface area (Å²) in [6.45, 7) is 10.2. The number of nitrogens with one attached hydrogen (secondary N) is 1. The van der Waals surface area contributed by atoms with E-state index < -0.39 is 0 Å². The average Bonchev–Trinajstić information content (AvgIpc) is 2.24. The summed E-state index contributed by atoms with van der Waals surface area (Å²) in [6, 6.07) is 8.28. The molecule has 0 unspecified atom stereocenters. The van der Waals surface area contributed by atoms with Crippen LogP contribution in [0.25, 0.3) is 6.08 Å². The van der Waals surface area contributed by atoms with Crippen LogP contribution in [-0.2, 0) is 4.79 Å². The van der Waals surface area contributed by atoms with Gasteiger partial charge in [-0.25, -0.2) is 0 Å². The van der Waals surface area contributed by atoms with Gasteiger partial charge in [0.2, 0.25) is 5.91 Å². The number of rotatable bonds is 3. The molecule has 0 radical (unpaired) electrons. The molecule has 18 heavy (non-hydrogen) atoms. The van der Waals surface area contributed by atoms with Crippen molar-refractivity contribution in [3.63, 3.8) is 0 Å². The largest absolute Gasteiger partial charge is 0.348 e. The van der Waals surface area contributed by atoms with Crippen LogP contribution in [0.2, 0.25) is 0 Å². The third-order valence-corrected chi connectivity index (χ3v) is 2.53. The van der Waals surface area contributed by atoms with Crippen molar-refractivity contribution in [2.75, 3.05) is 0 Å². The SMILES string of the molecule is CC(C)c1ccc(/C=C/C(=O)NC(C)(C)C)cc1. The second-order valence-electron chi connectivity index (χ2n) is 5.89. The third kappa shape index (κ3) is 5.17. The molecule has 0 aromatic heterocycles. The van der Waals surface area contributed by atoms with E-state index in [1.54, 1.807) is 6.08 Å². The Morgan fingerprint density at radius 2 is 1.72 bits per heavy atom. The number of benzene rings is 1. The molecule has 1 rings (SSSR count). The zero-order valence-electron chi connectivity index (χ0n) is 11.9. The zero-order valence-corrected chi connectivity index (χ0v) is 11.9. The van der Waals surface area contributed by atoms with Gasteiger partial charge in [-0.1, -0.05) is 38.1 Å². The molecule has 1 aromatic rings. The minimum absolute atomic E-state index is 0.0598. The van der Waals surface area contributed by atoms with Gasteiger partial charge >= 0.3 is 0 Å². The molecule has 0 bridgehead atoms. The summed E-state index contributed by atoms with van der Waals surface area (Å²) in [5.74, 6) is 0.475. The van der Waals surface area contributed by atoms with Crippen molar-refractivity contribution in [3.8, 4) is 0 Å². The molecule has 1 N–H and O–H groups in total. The van der Waals surface area contributed by atoms with E-state index in [1.165, 1.54) is 5.56 Å². The van der Waals surface area contributed by atoms with E-state index in [0.29, 0.717) is 5.92 Å². The van der Waals surface area contributed by atoms with Crippen LogP contribution in [0.3, 0.4) is 0 Å².